The van der Waals surface area contributed by atoms with Gasteiger partial charge in [-0.1, -0.05) is 0 Å². The van der Waals surface area contributed by atoms with E-state index in [0.29, 0.717) is 11.8 Å². The molecule has 0 aliphatic carbocycles. The summed E-state index contributed by atoms with van der Waals surface area (Å²) in [6, 6.07) is 3.92. The fourth-order valence-corrected chi connectivity index (χ4v) is 2.87. The lowest BCUT2D eigenvalue weighted by Gasteiger charge is -2.12. The van der Waals surface area contributed by atoms with E-state index in [-0.39, 0.29) is 5.92 Å². The average Bonchev–Trinajstić information content (AvgIpc) is 3.25. The number of rotatable bonds is 4. The lowest BCUT2D eigenvalue weighted by Crippen LogP contribution is -2.19. The third-order valence-electron chi connectivity index (χ3n) is 4.06. The summed E-state index contributed by atoms with van der Waals surface area (Å²) in [5.74, 6) is 2.50. The number of furan rings is 1. The quantitative estimate of drug-likeness (QED) is 0.734. The second kappa shape index (κ2) is 5.42. The van der Waals surface area contributed by atoms with Crippen molar-refractivity contribution in [1.82, 2.24) is 24.6 Å². The fraction of sp³-hybridized carbons (Fsp3) is 0.400. The van der Waals surface area contributed by atoms with Crippen molar-refractivity contribution in [3.8, 4) is 11.6 Å². The van der Waals surface area contributed by atoms with Gasteiger partial charge in [0.05, 0.1) is 31.2 Å². The maximum atomic E-state index is 5.84. The van der Waals surface area contributed by atoms with Crippen LogP contribution in [0.25, 0.3) is 11.6 Å². The highest BCUT2D eigenvalue weighted by Crippen LogP contribution is 2.29. The summed E-state index contributed by atoms with van der Waals surface area (Å²) in [7, 11) is 1.91. The van der Waals surface area contributed by atoms with Crippen LogP contribution in [-0.2, 0) is 13.6 Å². The number of imidazole rings is 1. The Labute approximate surface area is 127 Å². The molecule has 1 unspecified atom stereocenters. The first-order valence-corrected chi connectivity index (χ1v) is 7.34. The molecule has 0 radical (unpaired) electrons. The molecular weight excluding hydrogens is 282 g/mol. The minimum atomic E-state index is 0.282. The van der Waals surface area contributed by atoms with E-state index in [1.165, 1.54) is 0 Å². The summed E-state index contributed by atoms with van der Waals surface area (Å²) in [6.07, 6.45) is 6.18. The third kappa shape index (κ3) is 2.43. The van der Waals surface area contributed by atoms with Crippen molar-refractivity contribution in [2.45, 2.75) is 18.9 Å². The molecule has 0 bridgehead atoms. The number of hydrogen-bond donors (Lipinski definition) is 0. The highest BCUT2D eigenvalue weighted by molar-refractivity contribution is 5.44. The van der Waals surface area contributed by atoms with Crippen molar-refractivity contribution >= 4 is 0 Å². The molecule has 0 spiro atoms. The molecule has 4 rings (SSSR count). The fourth-order valence-electron chi connectivity index (χ4n) is 2.87. The zero-order valence-corrected chi connectivity index (χ0v) is 12.3. The molecule has 7 nitrogen and oxygen atoms in total. The number of nitrogens with zero attached hydrogens (tertiary/aromatic N) is 5. The number of likely N-dealkylation sites (tertiary alicyclic amines) is 1. The minimum absolute atomic E-state index is 0.282. The monoisotopic (exact) mass is 299 g/mol. The van der Waals surface area contributed by atoms with E-state index in [0.717, 1.165) is 37.5 Å². The first-order chi connectivity index (χ1) is 10.8. The van der Waals surface area contributed by atoms with Gasteiger partial charge in [-0.25, -0.2) is 4.98 Å². The van der Waals surface area contributed by atoms with E-state index in [2.05, 4.69) is 20.1 Å². The molecule has 1 aliphatic heterocycles. The molecule has 3 aromatic heterocycles. The Balaban J connectivity index is 1.45. The Morgan fingerprint density at radius 3 is 3.09 bits per heavy atom. The van der Waals surface area contributed by atoms with Crippen LogP contribution in [0, 0.1) is 0 Å². The van der Waals surface area contributed by atoms with Gasteiger partial charge in [0.25, 0.3) is 5.89 Å². The van der Waals surface area contributed by atoms with Gasteiger partial charge in [0.1, 0.15) is 11.5 Å². The summed E-state index contributed by atoms with van der Waals surface area (Å²) < 4.78 is 13.1. The van der Waals surface area contributed by atoms with Gasteiger partial charge in [0.15, 0.2) is 0 Å². The smallest absolute Gasteiger partial charge is 0.265 e. The van der Waals surface area contributed by atoms with Gasteiger partial charge < -0.3 is 13.4 Å². The highest BCUT2D eigenvalue weighted by atomic mass is 16.4. The molecule has 4 heterocycles. The van der Waals surface area contributed by atoms with E-state index < -0.39 is 0 Å². The van der Waals surface area contributed by atoms with Crippen LogP contribution in [0.4, 0.5) is 0 Å². The van der Waals surface area contributed by atoms with E-state index in [4.69, 9.17) is 8.83 Å². The first-order valence-electron chi connectivity index (χ1n) is 7.34. The van der Waals surface area contributed by atoms with Crippen molar-refractivity contribution in [3.63, 3.8) is 0 Å². The average molecular weight is 299 g/mol. The Morgan fingerprint density at radius 1 is 1.36 bits per heavy atom. The Hall–Kier alpha value is -2.41. The van der Waals surface area contributed by atoms with Crippen molar-refractivity contribution in [2.24, 2.45) is 7.05 Å². The van der Waals surface area contributed by atoms with Gasteiger partial charge in [0, 0.05) is 13.6 Å². The Bertz CT molecular complexity index is 746. The van der Waals surface area contributed by atoms with Crippen LogP contribution in [0.5, 0.6) is 0 Å². The largest absolute Gasteiger partial charge is 0.468 e. The lowest BCUT2D eigenvalue weighted by molar-refractivity contribution is 0.290. The van der Waals surface area contributed by atoms with E-state index in [1.807, 2.05) is 23.7 Å². The predicted molar refractivity (Wildman–Crippen MR) is 77.8 cm³/mol. The van der Waals surface area contributed by atoms with Crippen LogP contribution >= 0.6 is 0 Å². The standard InChI is InChI=1S/C15H17N5O2/c1-19-10-16-7-13(19)15-18-17-14(22-15)11-4-5-20(8-11)9-12-3-2-6-21-12/h2-3,6-7,10-11H,4-5,8-9H2,1H3. The van der Waals surface area contributed by atoms with E-state index in [1.54, 1.807) is 18.8 Å². The minimum Gasteiger partial charge on any atom is -0.468 e. The third-order valence-corrected chi connectivity index (χ3v) is 4.06. The van der Waals surface area contributed by atoms with Crippen LogP contribution in [0.2, 0.25) is 0 Å². The second-order valence-electron chi connectivity index (χ2n) is 5.64. The van der Waals surface area contributed by atoms with Crippen molar-refractivity contribution in [2.75, 3.05) is 13.1 Å². The molecule has 22 heavy (non-hydrogen) atoms. The summed E-state index contributed by atoms with van der Waals surface area (Å²) in [5, 5.41) is 8.37. The summed E-state index contributed by atoms with van der Waals surface area (Å²) >= 11 is 0. The van der Waals surface area contributed by atoms with Crippen molar-refractivity contribution in [1.29, 1.82) is 0 Å². The second-order valence-corrected chi connectivity index (χ2v) is 5.64. The van der Waals surface area contributed by atoms with Gasteiger partial charge in [0.2, 0.25) is 5.89 Å². The van der Waals surface area contributed by atoms with Crippen LogP contribution in [0.3, 0.4) is 0 Å². The molecule has 0 amide bonds. The van der Waals surface area contributed by atoms with Crippen LogP contribution < -0.4 is 0 Å². The van der Waals surface area contributed by atoms with Crippen LogP contribution in [0.15, 0.2) is 39.8 Å². The maximum absolute atomic E-state index is 5.84. The van der Waals surface area contributed by atoms with Crippen molar-refractivity contribution in [3.05, 3.63) is 42.6 Å². The normalized spacial score (nSPS) is 19.0. The van der Waals surface area contributed by atoms with Crippen LogP contribution in [0.1, 0.15) is 24.0 Å². The Kier molecular flexibility index (Phi) is 3.27. The Morgan fingerprint density at radius 2 is 2.32 bits per heavy atom. The molecular formula is C15H17N5O2. The summed E-state index contributed by atoms with van der Waals surface area (Å²) in [6.45, 7) is 2.74. The van der Waals surface area contributed by atoms with E-state index in [9.17, 15) is 0 Å². The van der Waals surface area contributed by atoms with Crippen LogP contribution in [-0.4, -0.2) is 37.7 Å². The molecule has 7 heteroatoms. The lowest BCUT2D eigenvalue weighted by atomic mass is 10.1. The molecule has 1 aliphatic rings. The van der Waals surface area contributed by atoms with E-state index >= 15 is 0 Å². The zero-order valence-electron chi connectivity index (χ0n) is 12.3. The molecule has 0 saturated carbocycles. The van der Waals surface area contributed by atoms with Crippen molar-refractivity contribution < 1.29 is 8.83 Å². The molecule has 114 valence electrons. The summed E-state index contributed by atoms with van der Waals surface area (Å²) in [4.78, 5) is 6.42. The molecule has 1 atom stereocenters. The molecule has 3 aromatic rings. The van der Waals surface area contributed by atoms with Gasteiger partial charge in [-0.15, -0.1) is 10.2 Å². The highest BCUT2D eigenvalue weighted by Gasteiger charge is 2.29. The number of aromatic nitrogens is 4. The van der Waals surface area contributed by atoms with Gasteiger partial charge in [-0.05, 0) is 25.1 Å². The van der Waals surface area contributed by atoms with Gasteiger partial charge >= 0.3 is 0 Å². The number of hydrogen-bond acceptors (Lipinski definition) is 6. The number of aryl methyl sites for hydroxylation is 1. The van der Waals surface area contributed by atoms with Gasteiger partial charge in [-0.2, -0.15) is 0 Å². The first kappa shape index (κ1) is 13.3. The van der Waals surface area contributed by atoms with Gasteiger partial charge in [-0.3, -0.25) is 4.90 Å². The predicted octanol–water partition coefficient (Wildman–Crippen LogP) is 2.05. The molecule has 0 aromatic carbocycles. The SMILES string of the molecule is Cn1cncc1-c1nnc(C2CCN(Cc3ccco3)C2)o1. The maximum Gasteiger partial charge on any atom is 0.265 e. The molecule has 1 fully saturated rings. The molecule has 1 saturated heterocycles. The topological polar surface area (TPSA) is 73.1 Å². The zero-order chi connectivity index (χ0) is 14.9. The summed E-state index contributed by atoms with van der Waals surface area (Å²) in [5.41, 5.74) is 0.837. The molecule has 0 N–H and O–H groups in total.